The number of nitrogens with one attached hydrogen (secondary N) is 2. The van der Waals surface area contributed by atoms with Crippen molar-refractivity contribution in [1.29, 1.82) is 0 Å². The molecular weight excluding hydrogens is 520 g/mol. The Hall–Kier alpha value is -4.32. The molecule has 0 aromatic heterocycles. The smallest absolute Gasteiger partial charge is 0.160 e. The van der Waals surface area contributed by atoms with Gasteiger partial charge in [-0.3, -0.25) is 4.90 Å². The summed E-state index contributed by atoms with van der Waals surface area (Å²) in [5.74, 6) is 8.43. The first-order valence-corrected chi connectivity index (χ1v) is 14.0. The second kappa shape index (κ2) is 9.95. The molecule has 5 N–H and O–H groups in total. The van der Waals surface area contributed by atoms with E-state index in [9.17, 15) is 15.3 Å². The van der Waals surface area contributed by atoms with Crippen LogP contribution in [0.25, 0.3) is 11.1 Å². The van der Waals surface area contributed by atoms with Crippen LogP contribution in [0.3, 0.4) is 0 Å². The van der Waals surface area contributed by atoms with Crippen molar-refractivity contribution < 1.29 is 34.4 Å². The Morgan fingerprint density at radius 2 is 1.88 bits per heavy atom. The number of phenolic OH excluding ortho intramolecular Hbond substituents is 2. The highest BCUT2D eigenvalue weighted by atomic mass is 16.5. The monoisotopic (exact) mass is 553 g/mol. The molecule has 0 saturated heterocycles. The van der Waals surface area contributed by atoms with Crippen LogP contribution in [0.1, 0.15) is 53.0 Å². The second-order valence-electron chi connectivity index (χ2n) is 11.2. The van der Waals surface area contributed by atoms with Gasteiger partial charge < -0.3 is 34.8 Å². The van der Waals surface area contributed by atoms with Gasteiger partial charge in [-0.2, -0.15) is 0 Å². The quantitative estimate of drug-likeness (QED) is 0.317. The molecule has 41 heavy (non-hydrogen) atoms. The molecule has 8 nitrogen and oxygen atoms in total. The van der Waals surface area contributed by atoms with Crippen LogP contribution in [0.5, 0.6) is 28.7 Å². The van der Waals surface area contributed by atoms with E-state index in [1.165, 1.54) is 12.0 Å². The van der Waals surface area contributed by atoms with Gasteiger partial charge in [-0.25, -0.2) is 0 Å². The molecule has 0 radical (unpaired) electrons. The molecule has 0 spiro atoms. The highest BCUT2D eigenvalue weighted by Gasteiger charge is 2.44. The topological polar surface area (TPSA) is 105 Å². The first kappa shape index (κ1) is 25.6. The maximum atomic E-state index is 11.9. The molecule has 6 atom stereocenters. The van der Waals surface area contributed by atoms with Crippen LogP contribution in [0.4, 0.5) is 0 Å². The summed E-state index contributed by atoms with van der Waals surface area (Å²) >= 11 is 0. The minimum absolute atomic E-state index is 0.0199. The molecule has 4 aliphatic rings. The van der Waals surface area contributed by atoms with Gasteiger partial charge in [0.25, 0.3) is 0 Å². The standard InChI is InChI=1S/C33H32N2O6/c1-39-26-15-18(6-9-25(26)37)33-32(38)24-5-3-4-21(35-11-10-34-17-35)13-20-12-19-14-22(36)7-8-23(19)30-27(40-2)16-28(41-33)31(24)29(20)30/h6-11,14-16,20-21,24,32-34,36-38H,4,12-13,17H2,1-2H3/p+1. The normalized spacial score (nSPS) is 27.0. The molecule has 2 aliphatic heterocycles. The summed E-state index contributed by atoms with van der Waals surface area (Å²) in [5.41, 5.74) is 5.79. The zero-order chi connectivity index (χ0) is 28.2. The van der Waals surface area contributed by atoms with Crippen LogP contribution in [0, 0.1) is 11.8 Å². The maximum absolute atomic E-state index is 11.9. The minimum atomic E-state index is -0.958. The number of benzene rings is 3. The van der Waals surface area contributed by atoms with Gasteiger partial charge in [0, 0.05) is 23.6 Å². The number of quaternary nitrogens is 1. The molecule has 210 valence electrons. The third kappa shape index (κ3) is 4.16. The summed E-state index contributed by atoms with van der Waals surface area (Å²) in [6, 6.07) is 12.7. The van der Waals surface area contributed by atoms with Gasteiger partial charge in [-0.15, -0.1) is 0 Å². The van der Waals surface area contributed by atoms with E-state index in [0.717, 1.165) is 47.3 Å². The lowest BCUT2D eigenvalue weighted by molar-refractivity contribution is -0.870. The van der Waals surface area contributed by atoms with E-state index in [4.69, 9.17) is 14.2 Å². The van der Waals surface area contributed by atoms with Crippen LogP contribution in [0.2, 0.25) is 0 Å². The summed E-state index contributed by atoms with van der Waals surface area (Å²) in [5, 5.41) is 35.8. The van der Waals surface area contributed by atoms with Crippen molar-refractivity contribution in [3.63, 3.8) is 0 Å². The van der Waals surface area contributed by atoms with E-state index >= 15 is 0 Å². The Balaban J connectivity index is 1.45. The lowest BCUT2D eigenvalue weighted by atomic mass is 9.70. The Morgan fingerprint density at radius 3 is 2.66 bits per heavy atom. The van der Waals surface area contributed by atoms with E-state index in [1.807, 2.05) is 24.4 Å². The predicted molar refractivity (Wildman–Crippen MR) is 152 cm³/mol. The molecule has 0 saturated carbocycles. The molecule has 0 bridgehead atoms. The largest absolute Gasteiger partial charge is 0.508 e. The van der Waals surface area contributed by atoms with E-state index in [-0.39, 0.29) is 23.5 Å². The maximum Gasteiger partial charge on any atom is 0.160 e. The van der Waals surface area contributed by atoms with Gasteiger partial charge in [0.15, 0.2) is 24.3 Å². The number of methoxy groups -OCH3 is 2. The SMILES string of the molecule is COc1cc(C2Oc3cc(OC)c4c5c3C(C#CCC([NH+]3C=CNC3)CC5Cc3cc(O)ccc3-4)C2O)ccc1O. The Bertz CT molecular complexity index is 1620. The summed E-state index contributed by atoms with van der Waals surface area (Å²) in [6.07, 6.45) is 4.78. The van der Waals surface area contributed by atoms with Gasteiger partial charge in [-0.05, 0) is 58.9 Å². The Morgan fingerprint density at radius 1 is 1.02 bits per heavy atom. The number of ether oxygens (including phenoxy) is 3. The fraction of sp³-hybridized carbons (Fsp3) is 0.333. The molecule has 2 aliphatic carbocycles. The van der Waals surface area contributed by atoms with E-state index in [1.54, 1.807) is 31.4 Å². The lowest BCUT2D eigenvalue weighted by Crippen LogP contribution is -3.11. The lowest BCUT2D eigenvalue weighted by Gasteiger charge is -2.40. The van der Waals surface area contributed by atoms with Crippen LogP contribution in [-0.4, -0.2) is 48.4 Å². The van der Waals surface area contributed by atoms with Gasteiger partial charge in [0.1, 0.15) is 35.6 Å². The summed E-state index contributed by atoms with van der Waals surface area (Å²) < 4.78 is 17.9. The first-order chi connectivity index (χ1) is 20.0. The third-order valence-corrected chi connectivity index (χ3v) is 8.96. The van der Waals surface area contributed by atoms with Gasteiger partial charge in [-0.1, -0.05) is 24.0 Å². The van der Waals surface area contributed by atoms with Crippen molar-refractivity contribution in [2.24, 2.45) is 0 Å². The van der Waals surface area contributed by atoms with Crippen molar-refractivity contribution in [2.75, 3.05) is 20.9 Å². The number of phenols is 2. The molecule has 2 heterocycles. The predicted octanol–water partition coefficient (Wildman–Crippen LogP) is 3.08. The highest BCUT2D eigenvalue weighted by Crippen LogP contribution is 2.56. The molecule has 8 heteroatoms. The number of hydrogen-bond acceptors (Lipinski definition) is 7. The van der Waals surface area contributed by atoms with Crippen molar-refractivity contribution in [2.45, 2.75) is 49.3 Å². The van der Waals surface area contributed by atoms with Crippen molar-refractivity contribution >= 4 is 0 Å². The average molecular weight is 554 g/mol. The van der Waals surface area contributed by atoms with Crippen LogP contribution < -0.4 is 24.4 Å². The number of aliphatic hydroxyl groups is 1. The Labute approximate surface area is 238 Å². The first-order valence-electron chi connectivity index (χ1n) is 14.0. The Kier molecular flexibility index (Phi) is 6.22. The second-order valence-corrected chi connectivity index (χ2v) is 11.2. The van der Waals surface area contributed by atoms with Gasteiger partial charge in [0.05, 0.1) is 32.8 Å². The molecular formula is C33H33N2O6+. The van der Waals surface area contributed by atoms with E-state index in [2.05, 4.69) is 23.4 Å². The van der Waals surface area contributed by atoms with E-state index < -0.39 is 18.1 Å². The van der Waals surface area contributed by atoms with Gasteiger partial charge in [0.2, 0.25) is 0 Å². The fourth-order valence-corrected chi connectivity index (χ4v) is 7.04. The number of fused-ring (bicyclic) bond motifs is 2. The molecule has 0 fully saturated rings. The van der Waals surface area contributed by atoms with Crippen LogP contribution in [-0.2, 0) is 6.42 Å². The summed E-state index contributed by atoms with van der Waals surface area (Å²) in [6.45, 7) is 0.805. The molecule has 7 rings (SSSR count). The zero-order valence-electron chi connectivity index (χ0n) is 23.0. The fourth-order valence-electron chi connectivity index (χ4n) is 7.04. The van der Waals surface area contributed by atoms with Crippen molar-refractivity contribution in [3.8, 4) is 51.7 Å². The zero-order valence-corrected chi connectivity index (χ0v) is 23.0. The molecule has 6 unspecified atom stereocenters. The minimum Gasteiger partial charge on any atom is -0.508 e. The number of rotatable bonds is 4. The molecule has 3 aromatic rings. The van der Waals surface area contributed by atoms with Gasteiger partial charge >= 0.3 is 0 Å². The number of hydrogen-bond donors (Lipinski definition) is 5. The van der Waals surface area contributed by atoms with Crippen molar-refractivity contribution in [1.82, 2.24) is 5.32 Å². The average Bonchev–Trinajstić information content (AvgIpc) is 3.53. The number of aliphatic hydroxyl groups excluding tert-OH is 1. The summed E-state index contributed by atoms with van der Waals surface area (Å²) in [4.78, 5) is 1.33. The highest BCUT2D eigenvalue weighted by molar-refractivity contribution is 5.83. The van der Waals surface area contributed by atoms with E-state index in [0.29, 0.717) is 29.2 Å². The molecule has 3 aromatic carbocycles. The number of aromatic hydroxyl groups is 2. The third-order valence-electron chi connectivity index (χ3n) is 8.96. The summed E-state index contributed by atoms with van der Waals surface area (Å²) in [7, 11) is 3.16. The van der Waals surface area contributed by atoms with Crippen molar-refractivity contribution in [3.05, 3.63) is 77.1 Å². The van der Waals surface area contributed by atoms with Crippen LogP contribution in [0.15, 0.2) is 54.9 Å². The molecule has 0 amide bonds. The van der Waals surface area contributed by atoms with Crippen LogP contribution >= 0.6 is 0 Å².